The number of benzene rings is 2. The highest BCUT2D eigenvalue weighted by Gasteiger charge is 2.13. The lowest BCUT2D eigenvalue weighted by Crippen LogP contribution is -2.16. The van der Waals surface area contributed by atoms with Gasteiger partial charge in [-0.15, -0.1) is 11.8 Å². The molecule has 5 heteroatoms. The molecule has 0 spiro atoms. The van der Waals surface area contributed by atoms with Crippen molar-refractivity contribution in [3.63, 3.8) is 0 Å². The Morgan fingerprint density at radius 2 is 1.91 bits per heavy atom. The van der Waals surface area contributed by atoms with E-state index in [1.807, 2.05) is 42.5 Å². The number of hydrogen-bond acceptors (Lipinski definition) is 4. The number of anilines is 1. The van der Waals surface area contributed by atoms with Crippen LogP contribution in [0.15, 0.2) is 47.4 Å². The number of ether oxygens (including phenoxy) is 2. The van der Waals surface area contributed by atoms with E-state index >= 15 is 0 Å². The molecule has 0 saturated heterocycles. The minimum Gasteiger partial charge on any atom is -0.486 e. The molecule has 3 rings (SSSR count). The summed E-state index contributed by atoms with van der Waals surface area (Å²) < 4.78 is 11.1. The van der Waals surface area contributed by atoms with E-state index in [0.717, 1.165) is 34.1 Å². The third-order valence-electron chi connectivity index (χ3n) is 3.56. The highest BCUT2D eigenvalue weighted by Crippen LogP contribution is 2.34. The summed E-state index contributed by atoms with van der Waals surface area (Å²) >= 11 is 1.49. The van der Waals surface area contributed by atoms with E-state index in [9.17, 15) is 4.79 Å². The molecule has 4 nitrogen and oxygen atoms in total. The van der Waals surface area contributed by atoms with E-state index in [-0.39, 0.29) is 5.91 Å². The zero-order valence-electron chi connectivity index (χ0n) is 13.0. The van der Waals surface area contributed by atoms with Crippen molar-refractivity contribution in [2.45, 2.75) is 18.2 Å². The van der Waals surface area contributed by atoms with Gasteiger partial charge in [0.2, 0.25) is 5.91 Å². The largest absolute Gasteiger partial charge is 0.486 e. The number of hydrogen-bond donors (Lipinski definition) is 1. The van der Waals surface area contributed by atoms with Crippen LogP contribution in [-0.2, 0) is 11.2 Å². The molecule has 1 aliphatic rings. The first kappa shape index (κ1) is 15.7. The standard InChI is InChI=1S/C18H19NO3S/c1-2-13-5-3-4-6-15(13)19-18(20)12-23-14-7-8-16-17(11-14)22-10-9-21-16/h3-8,11H,2,9-10,12H2,1H3,(H,19,20). The topological polar surface area (TPSA) is 47.6 Å². The van der Waals surface area contributed by atoms with Crippen LogP contribution in [0.1, 0.15) is 12.5 Å². The molecule has 0 aliphatic carbocycles. The van der Waals surface area contributed by atoms with Gasteiger partial charge in [-0.3, -0.25) is 4.79 Å². The van der Waals surface area contributed by atoms with Gasteiger partial charge in [-0.1, -0.05) is 25.1 Å². The maximum Gasteiger partial charge on any atom is 0.234 e. The first-order valence-electron chi connectivity index (χ1n) is 7.66. The van der Waals surface area contributed by atoms with E-state index in [0.29, 0.717) is 19.0 Å². The molecular weight excluding hydrogens is 310 g/mol. The summed E-state index contributed by atoms with van der Waals surface area (Å²) in [6.45, 7) is 3.23. The number of fused-ring (bicyclic) bond motifs is 1. The number of aryl methyl sites for hydroxylation is 1. The summed E-state index contributed by atoms with van der Waals surface area (Å²) in [5.74, 6) is 1.86. The van der Waals surface area contributed by atoms with Crippen molar-refractivity contribution in [3.8, 4) is 11.5 Å². The Hall–Kier alpha value is -2.14. The van der Waals surface area contributed by atoms with Crippen LogP contribution in [0.25, 0.3) is 0 Å². The molecule has 0 fully saturated rings. The molecule has 0 radical (unpaired) electrons. The molecule has 1 amide bonds. The molecular formula is C18H19NO3S. The maximum absolute atomic E-state index is 12.2. The quantitative estimate of drug-likeness (QED) is 0.849. The van der Waals surface area contributed by atoms with Crippen molar-refractivity contribution in [2.24, 2.45) is 0 Å². The SMILES string of the molecule is CCc1ccccc1NC(=O)CSc1ccc2c(c1)OCCO2. The van der Waals surface area contributed by atoms with Crippen molar-refractivity contribution < 1.29 is 14.3 Å². The van der Waals surface area contributed by atoms with Gasteiger partial charge in [0.15, 0.2) is 11.5 Å². The van der Waals surface area contributed by atoms with Crippen LogP contribution >= 0.6 is 11.8 Å². The predicted octanol–water partition coefficient (Wildman–Crippen LogP) is 3.75. The van der Waals surface area contributed by atoms with Crippen LogP contribution in [0.2, 0.25) is 0 Å². The van der Waals surface area contributed by atoms with Crippen molar-refractivity contribution in [1.82, 2.24) is 0 Å². The average Bonchev–Trinajstić information content (AvgIpc) is 2.60. The summed E-state index contributed by atoms with van der Waals surface area (Å²) in [5.41, 5.74) is 2.04. The zero-order valence-corrected chi connectivity index (χ0v) is 13.8. The van der Waals surface area contributed by atoms with Crippen LogP contribution in [-0.4, -0.2) is 24.9 Å². The summed E-state index contributed by atoms with van der Waals surface area (Å²) in [5, 5.41) is 2.98. The van der Waals surface area contributed by atoms with E-state index in [2.05, 4.69) is 12.2 Å². The summed E-state index contributed by atoms with van der Waals surface area (Å²) in [7, 11) is 0. The molecule has 0 atom stereocenters. The molecule has 0 unspecified atom stereocenters. The van der Waals surface area contributed by atoms with Gasteiger partial charge in [-0.05, 0) is 36.2 Å². The normalized spacial score (nSPS) is 12.7. The van der Waals surface area contributed by atoms with Gasteiger partial charge in [0.25, 0.3) is 0 Å². The van der Waals surface area contributed by atoms with Crippen molar-refractivity contribution >= 4 is 23.4 Å². The van der Waals surface area contributed by atoms with Gasteiger partial charge in [0.1, 0.15) is 13.2 Å². The molecule has 120 valence electrons. The molecule has 23 heavy (non-hydrogen) atoms. The third kappa shape index (κ3) is 3.99. The molecule has 1 heterocycles. The number of nitrogens with one attached hydrogen (secondary N) is 1. The lowest BCUT2D eigenvalue weighted by molar-refractivity contribution is -0.113. The number of para-hydroxylation sites is 1. The number of rotatable bonds is 5. The number of amides is 1. The third-order valence-corrected chi connectivity index (χ3v) is 4.55. The minimum atomic E-state index is -0.00853. The Bertz CT molecular complexity index is 702. The Morgan fingerprint density at radius 1 is 1.13 bits per heavy atom. The summed E-state index contributed by atoms with van der Waals surface area (Å²) in [6, 6.07) is 13.6. The van der Waals surface area contributed by atoms with Crippen LogP contribution in [0, 0.1) is 0 Å². The fourth-order valence-corrected chi connectivity index (χ4v) is 3.12. The Kier molecular flexibility index (Phi) is 5.08. The van der Waals surface area contributed by atoms with Gasteiger partial charge in [0.05, 0.1) is 5.75 Å². The van der Waals surface area contributed by atoms with E-state index in [4.69, 9.17) is 9.47 Å². The zero-order chi connectivity index (χ0) is 16.1. The van der Waals surface area contributed by atoms with Crippen molar-refractivity contribution in [1.29, 1.82) is 0 Å². The molecule has 0 aromatic heterocycles. The summed E-state index contributed by atoms with van der Waals surface area (Å²) in [4.78, 5) is 13.1. The van der Waals surface area contributed by atoms with Gasteiger partial charge in [-0.2, -0.15) is 0 Å². The fraction of sp³-hybridized carbons (Fsp3) is 0.278. The van der Waals surface area contributed by atoms with E-state index in [1.54, 1.807) is 0 Å². The highest BCUT2D eigenvalue weighted by atomic mass is 32.2. The van der Waals surface area contributed by atoms with Gasteiger partial charge < -0.3 is 14.8 Å². The van der Waals surface area contributed by atoms with Crippen LogP contribution < -0.4 is 14.8 Å². The minimum absolute atomic E-state index is 0.00853. The van der Waals surface area contributed by atoms with Crippen molar-refractivity contribution in [2.75, 3.05) is 24.3 Å². The molecule has 1 N–H and O–H groups in total. The van der Waals surface area contributed by atoms with E-state index < -0.39 is 0 Å². The Morgan fingerprint density at radius 3 is 2.74 bits per heavy atom. The second-order valence-corrected chi connectivity index (χ2v) is 6.20. The number of thioether (sulfide) groups is 1. The second kappa shape index (κ2) is 7.42. The maximum atomic E-state index is 12.2. The first-order valence-corrected chi connectivity index (χ1v) is 8.65. The predicted molar refractivity (Wildman–Crippen MR) is 92.6 cm³/mol. The second-order valence-electron chi connectivity index (χ2n) is 5.15. The number of carbonyl (C=O) groups excluding carboxylic acids is 1. The lowest BCUT2D eigenvalue weighted by atomic mass is 10.1. The number of carbonyl (C=O) groups is 1. The van der Waals surface area contributed by atoms with E-state index in [1.165, 1.54) is 11.8 Å². The average molecular weight is 329 g/mol. The molecule has 1 aliphatic heterocycles. The van der Waals surface area contributed by atoms with Gasteiger partial charge in [-0.25, -0.2) is 0 Å². The highest BCUT2D eigenvalue weighted by molar-refractivity contribution is 8.00. The van der Waals surface area contributed by atoms with Crippen molar-refractivity contribution in [3.05, 3.63) is 48.0 Å². The Balaban J connectivity index is 1.58. The molecule has 0 bridgehead atoms. The molecule has 2 aromatic carbocycles. The van der Waals surface area contributed by atoms with Crippen LogP contribution in [0.4, 0.5) is 5.69 Å². The Labute approximate surface area is 140 Å². The summed E-state index contributed by atoms with van der Waals surface area (Å²) in [6.07, 6.45) is 0.895. The van der Waals surface area contributed by atoms with Gasteiger partial charge in [0, 0.05) is 10.6 Å². The van der Waals surface area contributed by atoms with Gasteiger partial charge >= 0.3 is 0 Å². The fourth-order valence-electron chi connectivity index (χ4n) is 2.40. The smallest absolute Gasteiger partial charge is 0.234 e. The monoisotopic (exact) mass is 329 g/mol. The lowest BCUT2D eigenvalue weighted by Gasteiger charge is -2.18. The first-order chi connectivity index (χ1) is 11.3. The van der Waals surface area contributed by atoms with Crippen LogP contribution in [0.5, 0.6) is 11.5 Å². The van der Waals surface area contributed by atoms with Crippen LogP contribution in [0.3, 0.4) is 0 Å². The molecule has 0 saturated carbocycles. The molecule has 2 aromatic rings.